The minimum Gasteiger partial charge on any atom is -0.496 e. The minimum atomic E-state index is -4.44. The van der Waals surface area contributed by atoms with E-state index in [1.165, 1.54) is 26.2 Å². The number of aryl methyl sites for hydroxylation is 1. The van der Waals surface area contributed by atoms with Crippen LogP contribution in [0.1, 0.15) is 36.5 Å². The molecule has 19 heavy (non-hydrogen) atoms. The summed E-state index contributed by atoms with van der Waals surface area (Å²) in [6.45, 7) is 3.08. The Labute approximate surface area is 110 Å². The summed E-state index contributed by atoms with van der Waals surface area (Å²) in [5, 5.41) is 0. The van der Waals surface area contributed by atoms with Gasteiger partial charge in [0.15, 0.2) is 0 Å². The zero-order valence-corrected chi connectivity index (χ0v) is 11.2. The van der Waals surface area contributed by atoms with Gasteiger partial charge in [-0.2, -0.15) is 13.2 Å². The average Bonchev–Trinajstić information content (AvgIpc) is 2.34. The summed E-state index contributed by atoms with van der Waals surface area (Å²) in [5.41, 5.74) is -0.472. The molecule has 0 fully saturated rings. The first-order valence-corrected chi connectivity index (χ1v) is 6.06. The van der Waals surface area contributed by atoms with Crippen molar-refractivity contribution < 1.29 is 22.7 Å². The molecule has 2 nitrogen and oxygen atoms in total. The second-order valence-corrected chi connectivity index (χ2v) is 4.32. The van der Waals surface area contributed by atoms with E-state index in [1.807, 2.05) is 0 Å². The van der Waals surface area contributed by atoms with Gasteiger partial charge in [-0.1, -0.05) is 13.0 Å². The van der Waals surface area contributed by atoms with Crippen LogP contribution in [0, 0.1) is 6.92 Å². The Kier molecular flexibility index (Phi) is 4.97. The third-order valence-corrected chi connectivity index (χ3v) is 3.07. The SMILES string of the molecule is CCC(=O)CCc1ccc(OC)c(C)c1C(F)(F)F. The van der Waals surface area contributed by atoms with Crippen molar-refractivity contribution in [3.8, 4) is 5.75 Å². The van der Waals surface area contributed by atoms with Crippen LogP contribution in [-0.2, 0) is 17.4 Å². The van der Waals surface area contributed by atoms with E-state index in [0.29, 0.717) is 6.42 Å². The lowest BCUT2D eigenvalue weighted by Crippen LogP contribution is -2.13. The molecular formula is C14H17F3O2. The highest BCUT2D eigenvalue weighted by molar-refractivity contribution is 5.78. The molecule has 0 atom stereocenters. The molecule has 106 valence electrons. The molecule has 0 radical (unpaired) electrons. The van der Waals surface area contributed by atoms with Crippen LogP contribution in [0.15, 0.2) is 12.1 Å². The maximum atomic E-state index is 13.1. The number of halogens is 3. The number of carbonyl (C=O) groups excluding carboxylic acids is 1. The second kappa shape index (κ2) is 6.08. The molecule has 0 saturated heterocycles. The van der Waals surface area contributed by atoms with Crippen LogP contribution in [0.2, 0.25) is 0 Å². The number of carbonyl (C=O) groups is 1. The minimum absolute atomic E-state index is 0.0402. The molecule has 0 aliphatic carbocycles. The molecule has 1 aromatic rings. The summed E-state index contributed by atoms with van der Waals surface area (Å²) < 4.78 is 44.2. The largest absolute Gasteiger partial charge is 0.496 e. The van der Waals surface area contributed by atoms with Gasteiger partial charge in [0.2, 0.25) is 0 Å². The van der Waals surface area contributed by atoms with Gasteiger partial charge in [0.25, 0.3) is 0 Å². The Balaban J connectivity index is 3.17. The number of Topliss-reactive ketones (excluding diaryl/α,β-unsaturated/α-hetero) is 1. The van der Waals surface area contributed by atoms with Gasteiger partial charge in [-0.05, 0) is 25.0 Å². The Morgan fingerprint density at radius 1 is 1.32 bits per heavy atom. The number of hydrogen-bond acceptors (Lipinski definition) is 2. The quantitative estimate of drug-likeness (QED) is 0.813. The Morgan fingerprint density at radius 2 is 1.95 bits per heavy atom. The first-order chi connectivity index (χ1) is 8.81. The highest BCUT2D eigenvalue weighted by atomic mass is 19.4. The van der Waals surface area contributed by atoms with E-state index in [2.05, 4.69) is 0 Å². The molecule has 1 aromatic carbocycles. The second-order valence-electron chi connectivity index (χ2n) is 4.32. The number of rotatable bonds is 5. The van der Waals surface area contributed by atoms with Crippen molar-refractivity contribution in [2.45, 2.75) is 39.3 Å². The molecule has 0 saturated carbocycles. The highest BCUT2D eigenvalue weighted by Gasteiger charge is 2.36. The molecule has 0 aromatic heterocycles. The number of alkyl halides is 3. The van der Waals surface area contributed by atoms with E-state index in [-0.39, 0.29) is 35.5 Å². The third-order valence-electron chi connectivity index (χ3n) is 3.07. The van der Waals surface area contributed by atoms with E-state index >= 15 is 0 Å². The van der Waals surface area contributed by atoms with E-state index in [9.17, 15) is 18.0 Å². The molecule has 0 unspecified atom stereocenters. The van der Waals surface area contributed by atoms with Gasteiger partial charge in [-0.3, -0.25) is 4.79 Å². The maximum Gasteiger partial charge on any atom is 0.417 e. The number of methoxy groups -OCH3 is 1. The lowest BCUT2D eigenvalue weighted by atomic mass is 9.96. The van der Waals surface area contributed by atoms with Crippen LogP contribution in [0.3, 0.4) is 0 Å². The summed E-state index contributed by atoms with van der Waals surface area (Å²) in [4.78, 5) is 11.2. The zero-order valence-electron chi connectivity index (χ0n) is 11.2. The Morgan fingerprint density at radius 3 is 2.42 bits per heavy atom. The third kappa shape index (κ3) is 3.72. The molecule has 0 amide bonds. The van der Waals surface area contributed by atoms with Gasteiger partial charge in [0.1, 0.15) is 11.5 Å². The summed E-state index contributed by atoms with van der Waals surface area (Å²) in [6.07, 6.45) is -3.86. The molecular weight excluding hydrogens is 257 g/mol. The monoisotopic (exact) mass is 274 g/mol. The summed E-state index contributed by atoms with van der Waals surface area (Å²) in [7, 11) is 1.34. The fourth-order valence-electron chi connectivity index (χ4n) is 2.02. The molecule has 1 rings (SSSR count). The first kappa shape index (κ1) is 15.5. The van der Waals surface area contributed by atoms with E-state index in [1.54, 1.807) is 6.92 Å². The van der Waals surface area contributed by atoms with Crippen LogP contribution in [0.25, 0.3) is 0 Å². The lowest BCUT2D eigenvalue weighted by Gasteiger charge is -2.17. The summed E-state index contributed by atoms with van der Waals surface area (Å²) >= 11 is 0. The van der Waals surface area contributed by atoms with Crippen molar-refractivity contribution >= 4 is 5.78 Å². The van der Waals surface area contributed by atoms with Crippen LogP contribution in [0.5, 0.6) is 5.75 Å². The van der Waals surface area contributed by atoms with Gasteiger partial charge in [-0.25, -0.2) is 0 Å². The van der Waals surface area contributed by atoms with Crippen LogP contribution < -0.4 is 4.74 Å². The van der Waals surface area contributed by atoms with Crippen molar-refractivity contribution in [3.05, 3.63) is 28.8 Å². The topological polar surface area (TPSA) is 26.3 Å². The Bertz CT molecular complexity index is 464. The fraction of sp³-hybridized carbons (Fsp3) is 0.500. The van der Waals surface area contributed by atoms with Crippen molar-refractivity contribution in [2.75, 3.05) is 7.11 Å². The Hall–Kier alpha value is -1.52. The van der Waals surface area contributed by atoms with Gasteiger partial charge in [0, 0.05) is 18.4 Å². The van der Waals surface area contributed by atoms with Crippen LogP contribution in [0.4, 0.5) is 13.2 Å². The van der Waals surface area contributed by atoms with Gasteiger partial charge >= 0.3 is 6.18 Å². The molecule has 0 aliphatic heterocycles. The van der Waals surface area contributed by atoms with Crippen molar-refractivity contribution in [2.24, 2.45) is 0 Å². The number of ketones is 1. The van der Waals surface area contributed by atoms with E-state index < -0.39 is 11.7 Å². The van der Waals surface area contributed by atoms with Crippen LogP contribution >= 0.6 is 0 Å². The fourth-order valence-corrected chi connectivity index (χ4v) is 2.02. The van der Waals surface area contributed by atoms with Gasteiger partial charge < -0.3 is 4.74 Å². The van der Waals surface area contributed by atoms with Crippen LogP contribution in [-0.4, -0.2) is 12.9 Å². The van der Waals surface area contributed by atoms with Gasteiger partial charge in [0.05, 0.1) is 12.7 Å². The normalized spacial score (nSPS) is 11.5. The average molecular weight is 274 g/mol. The molecule has 0 N–H and O–H groups in total. The molecule has 0 aliphatic rings. The van der Waals surface area contributed by atoms with Crippen molar-refractivity contribution in [1.82, 2.24) is 0 Å². The predicted molar refractivity (Wildman–Crippen MR) is 66.4 cm³/mol. The molecule has 0 spiro atoms. The number of hydrogen-bond donors (Lipinski definition) is 0. The van der Waals surface area contributed by atoms with Crippen molar-refractivity contribution in [3.63, 3.8) is 0 Å². The van der Waals surface area contributed by atoms with Crippen molar-refractivity contribution in [1.29, 1.82) is 0 Å². The highest BCUT2D eigenvalue weighted by Crippen LogP contribution is 2.38. The lowest BCUT2D eigenvalue weighted by molar-refractivity contribution is -0.139. The smallest absolute Gasteiger partial charge is 0.417 e. The van der Waals surface area contributed by atoms with E-state index in [4.69, 9.17) is 4.74 Å². The zero-order chi connectivity index (χ0) is 14.6. The molecule has 0 bridgehead atoms. The molecule has 5 heteroatoms. The number of benzene rings is 1. The standard InChI is InChI=1S/C14H17F3O2/c1-4-11(18)7-5-10-6-8-12(19-3)9(2)13(10)14(15,16)17/h6,8H,4-5,7H2,1-3H3. The van der Waals surface area contributed by atoms with E-state index in [0.717, 1.165) is 0 Å². The summed E-state index contributed by atoms with van der Waals surface area (Å²) in [6, 6.07) is 2.90. The first-order valence-electron chi connectivity index (χ1n) is 6.06. The maximum absolute atomic E-state index is 13.1. The van der Waals surface area contributed by atoms with Gasteiger partial charge in [-0.15, -0.1) is 0 Å². The predicted octanol–water partition coefficient (Wildman–Crippen LogP) is 3.93. The number of ether oxygens (including phenoxy) is 1. The summed E-state index contributed by atoms with van der Waals surface area (Å²) in [5.74, 6) is 0.166. The molecule has 0 heterocycles.